The van der Waals surface area contributed by atoms with E-state index in [1.807, 2.05) is 0 Å². The number of carbonyl (C=O) groups excluding carboxylic acids is 2. The Labute approximate surface area is 90.2 Å². The van der Waals surface area contributed by atoms with Crippen LogP contribution < -0.4 is 4.74 Å². The lowest BCUT2D eigenvalue weighted by molar-refractivity contribution is 0.101. The average molecular weight is 257 g/mol. The summed E-state index contributed by atoms with van der Waals surface area (Å²) in [5.74, 6) is 0.306. The molecule has 0 bridgehead atoms. The van der Waals surface area contributed by atoms with Crippen LogP contribution >= 0.6 is 15.9 Å². The average Bonchev–Trinajstić information content (AvgIpc) is 2.15. The number of hydrogen-bond acceptors (Lipinski definition) is 3. The molecule has 0 unspecified atom stereocenters. The van der Waals surface area contributed by atoms with Crippen molar-refractivity contribution in [2.45, 2.75) is 6.92 Å². The zero-order valence-electron chi connectivity index (χ0n) is 7.83. The fourth-order valence-electron chi connectivity index (χ4n) is 1.17. The van der Waals surface area contributed by atoms with E-state index in [1.165, 1.54) is 20.1 Å². The molecule has 14 heavy (non-hydrogen) atoms. The first kappa shape index (κ1) is 10.9. The zero-order valence-corrected chi connectivity index (χ0v) is 9.42. The highest BCUT2D eigenvalue weighted by molar-refractivity contribution is 9.10. The summed E-state index contributed by atoms with van der Waals surface area (Å²) in [5.41, 5.74) is 0.928. The zero-order chi connectivity index (χ0) is 10.7. The van der Waals surface area contributed by atoms with Gasteiger partial charge in [0.2, 0.25) is 0 Å². The lowest BCUT2D eigenvalue weighted by Gasteiger charge is -2.08. The van der Waals surface area contributed by atoms with Crippen LogP contribution in [-0.4, -0.2) is 19.2 Å². The van der Waals surface area contributed by atoms with E-state index in [0.29, 0.717) is 27.6 Å². The Morgan fingerprint density at radius 1 is 1.50 bits per heavy atom. The van der Waals surface area contributed by atoms with E-state index in [-0.39, 0.29) is 5.78 Å². The van der Waals surface area contributed by atoms with Gasteiger partial charge >= 0.3 is 0 Å². The van der Waals surface area contributed by atoms with Gasteiger partial charge in [-0.25, -0.2) is 0 Å². The van der Waals surface area contributed by atoms with Gasteiger partial charge in [-0.3, -0.25) is 9.59 Å². The van der Waals surface area contributed by atoms with Crippen molar-refractivity contribution >= 4 is 28.0 Å². The molecule has 1 aromatic carbocycles. The van der Waals surface area contributed by atoms with Gasteiger partial charge in [0.15, 0.2) is 5.78 Å². The second-order valence-corrected chi connectivity index (χ2v) is 3.61. The summed E-state index contributed by atoms with van der Waals surface area (Å²) in [7, 11) is 1.46. The fraction of sp³-hybridized carbons (Fsp3) is 0.200. The Morgan fingerprint density at radius 2 is 2.14 bits per heavy atom. The second-order valence-electron chi connectivity index (χ2n) is 2.75. The predicted molar refractivity (Wildman–Crippen MR) is 56.1 cm³/mol. The lowest BCUT2D eigenvalue weighted by atomic mass is 10.1. The third kappa shape index (κ3) is 2.01. The van der Waals surface area contributed by atoms with Crippen molar-refractivity contribution in [1.29, 1.82) is 0 Å². The SMILES string of the molecule is COc1cc(C=O)cc(Br)c1C(C)=O. The monoisotopic (exact) mass is 256 g/mol. The quantitative estimate of drug-likeness (QED) is 0.617. The smallest absolute Gasteiger partial charge is 0.164 e. The van der Waals surface area contributed by atoms with Gasteiger partial charge in [0.1, 0.15) is 12.0 Å². The molecule has 1 aromatic rings. The summed E-state index contributed by atoms with van der Waals surface area (Å²) < 4.78 is 5.60. The summed E-state index contributed by atoms with van der Waals surface area (Å²) in [6.07, 6.45) is 0.706. The Morgan fingerprint density at radius 3 is 2.57 bits per heavy atom. The molecule has 0 atom stereocenters. The van der Waals surface area contributed by atoms with E-state index in [2.05, 4.69) is 15.9 Å². The molecular formula is C10H9BrO3. The number of ketones is 1. The Kier molecular flexibility index (Phi) is 3.41. The van der Waals surface area contributed by atoms with E-state index in [0.717, 1.165) is 0 Å². The van der Waals surface area contributed by atoms with Crippen molar-refractivity contribution in [1.82, 2.24) is 0 Å². The Bertz CT molecular complexity index is 385. The lowest BCUT2D eigenvalue weighted by Crippen LogP contribution is -2.00. The van der Waals surface area contributed by atoms with Crippen LogP contribution in [-0.2, 0) is 0 Å². The molecule has 1 rings (SSSR count). The molecule has 3 nitrogen and oxygen atoms in total. The number of benzene rings is 1. The highest BCUT2D eigenvalue weighted by atomic mass is 79.9. The topological polar surface area (TPSA) is 43.4 Å². The second kappa shape index (κ2) is 4.37. The molecular weight excluding hydrogens is 248 g/mol. The van der Waals surface area contributed by atoms with Crippen molar-refractivity contribution in [3.8, 4) is 5.75 Å². The first-order chi connectivity index (χ1) is 6.60. The first-order valence-corrected chi connectivity index (χ1v) is 4.73. The molecule has 0 saturated heterocycles. The molecule has 4 heteroatoms. The standard InChI is InChI=1S/C10H9BrO3/c1-6(13)10-8(11)3-7(5-12)4-9(10)14-2/h3-5H,1-2H3. The van der Waals surface area contributed by atoms with Gasteiger partial charge in [0.05, 0.1) is 12.7 Å². The third-order valence-electron chi connectivity index (χ3n) is 1.78. The molecule has 0 saturated carbocycles. The summed E-state index contributed by atoms with van der Waals surface area (Å²) in [5, 5.41) is 0. The van der Waals surface area contributed by atoms with Crippen molar-refractivity contribution in [3.05, 3.63) is 27.7 Å². The largest absolute Gasteiger partial charge is 0.496 e. The molecule has 0 amide bonds. The Hall–Kier alpha value is -1.16. The Balaban J connectivity index is 3.42. The van der Waals surface area contributed by atoms with Crippen LogP contribution in [0.1, 0.15) is 27.6 Å². The van der Waals surface area contributed by atoms with Crippen molar-refractivity contribution in [2.24, 2.45) is 0 Å². The predicted octanol–water partition coefficient (Wildman–Crippen LogP) is 2.47. The molecule has 0 heterocycles. The highest BCUT2D eigenvalue weighted by Gasteiger charge is 2.13. The normalized spacial score (nSPS) is 9.64. The van der Waals surface area contributed by atoms with E-state index >= 15 is 0 Å². The van der Waals surface area contributed by atoms with Gasteiger partial charge in [-0.05, 0) is 35.0 Å². The van der Waals surface area contributed by atoms with Crippen LogP contribution in [0, 0.1) is 0 Å². The molecule has 0 aliphatic carbocycles. The number of halogens is 1. The van der Waals surface area contributed by atoms with Crippen LogP contribution in [0.5, 0.6) is 5.75 Å². The van der Waals surface area contributed by atoms with Crippen LogP contribution in [0.4, 0.5) is 0 Å². The molecule has 74 valence electrons. The minimum absolute atomic E-state index is 0.105. The molecule has 0 aromatic heterocycles. The summed E-state index contributed by atoms with van der Waals surface area (Å²) in [4.78, 5) is 21.8. The number of Topliss-reactive ketones (excluding diaryl/α,β-unsaturated/α-hetero) is 1. The minimum atomic E-state index is -0.105. The number of carbonyl (C=O) groups is 2. The molecule has 0 spiro atoms. The number of ether oxygens (including phenoxy) is 1. The third-order valence-corrected chi connectivity index (χ3v) is 2.41. The number of rotatable bonds is 3. The summed E-state index contributed by atoms with van der Waals surface area (Å²) in [6, 6.07) is 3.13. The van der Waals surface area contributed by atoms with Crippen molar-refractivity contribution < 1.29 is 14.3 Å². The van der Waals surface area contributed by atoms with Gasteiger partial charge in [0, 0.05) is 10.0 Å². The first-order valence-electron chi connectivity index (χ1n) is 3.93. The molecule has 0 aliphatic rings. The van der Waals surface area contributed by atoms with Crippen LogP contribution in [0.2, 0.25) is 0 Å². The number of methoxy groups -OCH3 is 1. The van der Waals surface area contributed by atoms with E-state index in [4.69, 9.17) is 4.74 Å². The van der Waals surface area contributed by atoms with Crippen molar-refractivity contribution in [3.63, 3.8) is 0 Å². The van der Waals surface area contributed by atoms with Crippen LogP contribution in [0.3, 0.4) is 0 Å². The molecule has 0 N–H and O–H groups in total. The van der Waals surface area contributed by atoms with Crippen LogP contribution in [0.15, 0.2) is 16.6 Å². The summed E-state index contributed by atoms with van der Waals surface area (Å²) >= 11 is 3.22. The maximum Gasteiger partial charge on any atom is 0.164 e. The van der Waals surface area contributed by atoms with Gasteiger partial charge in [-0.15, -0.1) is 0 Å². The highest BCUT2D eigenvalue weighted by Crippen LogP contribution is 2.28. The number of hydrogen-bond donors (Lipinski definition) is 0. The van der Waals surface area contributed by atoms with E-state index in [1.54, 1.807) is 6.07 Å². The number of aldehydes is 1. The van der Waals surface area contributed by atoms with Gasteiger partial charge in [-0.2, -0.15) is 0 Å². The maximum atomic E-state index is 11.2. The van der Waals surface area contributed by atoms with E-state index in [9.17, 15) is 9.59 Å². The molecule has 0 aliphatic heterocycles. The maximum absolute atomic E-state index is 11.2. The van der Waals surface area contributed by atoms with Gasteiger partial charge in [-0.1, -0.05) is 0 Å². The van der Waals surface area contributed by atoms with Gasteiger partial charge < -0.3 is 4.74 Å². The minimum Gasteiger partial charge on any atom is -0.496 e. The summed E-state index contributed by atoms with van der Waals surface area (Å²) in [6.45, 7) is 1.45. The van der Waals surface area contributed by atoms with Crippen LogP contribution in [0.25, 0.3) is 0 Å². The fourth-order valence-corrected chi connectivity index (χ4v) is 1.91. The van der Waals surface area contributed by atoms with Gasteiger partial charge in [0.25, 0.3) is 0 Å². The molecule has 0 fully saturated rings. The van der Waals surface area contributed by atoms with E-state index < -0.39 is 0 Å². The van der Waals surface area contributed by atoms with Crippen molar-refractivity contribution in [2.75, 3.05) is 7.11 Å². The molecule has 0 radical (unpaired) electrons.